The largest absolute Gasteiger partial charge is 0.372 e. The second kappa shape index (κ2) is 11.1. The van der Waals surface area contributed by atoms with Gasteiger partial charge in [-0.25, -0.2) is 0 Å². The molecule has 0 amide bonds. The van der Waals surface area contributed by atoms with Crippen LogP contribution in [0.1, 0.15) is 27.7 Å². The van der Waals surface area contributed by atoms with Crippen LogP contribution in [0.4, 0.5) is 11.4 Å². The van der Waals surface area contributed by atoms with Crippen molar-refractivity contribution in [2.45, 2.75) is 27.7 Å². The molecule has 0 N–H and O–H groups in total. The summed E-state index contributed by atoms with van der Waals surface area (Å²) >= 11 is 0. The molecule has 0 aliphatic carbocycles. The van der Waals surface area contributed by atoms with E-state index in [2.05, 4.69) is 135 Å². The third-order valence-corrected chi connectivity index (χ3v) is 6.74. The molecule has 34 heavy (non-hydrogen) atoms. The molecule has 0 saturated carbocycles. The highest BCUT2D eigenvalue weighted by atomic mass is 15.1. The molecule has 0 aromatic heterocycles. The third kappa shape index (κ3) is 4.87. The Morgan fingerprint density at radius 2 is 0.882 bits per heavy atom. The monoisotopic (exact) mass is 448 g/mol. The Morgan fingerprint density at radius 1 is 0.412 bits per heavy atom. The first-order chi connectivity index (χ1) is 16.7. The van der Waals surface area contributed by atoms with Crippen LogP contribution < -0.4 is 9.80 Å². The molecule has 2 heteroatoms. The minimum atomic E-state index is 0.994. The van der Waals surface area contributed by atoms with E-state index in [0.717, 1.165) is 26.2 Å². The Bertz CT molecular complexity index is 1190. The predicted molar refractivity (Wildman–Crippen MR) is 150 cm³/mol. The van der Waals surface area contributed by atoms with Gasteiger partial charge >= 0.3 is 0 Å². The molecule has 0 saturated heterocycles. The molecular weight excluding hydrogens is 412 g/mol. The van der Waals surface area contributed by atoms with Gasteiger partial charge in [-0.15, -0.1) is 0 Å². The highest BCUT2D eigenvalue weighted by Gasteiger charge is 2.15. The van der Waals surface area contributed by atoms with Gasteiger partial charge in [0.2, 0.25) is 0 Å². The Kier molecular flexibility index (Phi) is 7.69. The smallest absolute Gasteiger partial charge is 0.0372 e. The van der Waals surface area contributed by atoms with Gasteiger partial charge < -0.3 is 9.80 Å². The van der Waals surface area contributed by atoms with Crippen LogP contribution in [0.2, 0.25) is 0 Å². The second-order valence-electron chi connectivity index (χ2n) is 8.53. The van der Waals surface area contributed by atoms with Gasteiger partial charge in [0.05, 0.1) is 0 Å². The normalized spacial score (nSPS) is 10.8. The first-order valence-corrected chi connectivity index (χ1v) is 12.6. The van der Waals surface area contributed by atoms with Crippen LogP contribution >= 0.6 is 0 Å². The van der Waals surface area contributed by atoms with Crippen LogP contribution in [0.5, 0.6) is 0 Å². The van der Waals surface area contributed by atoms with Gasteiger partial charge in [-0.1, -0.05) is 72.8 Å². The van der Waals surface area contributed by atoms with Crippen molar-refractivity contribution in [1.82, 2.24) is 0 Å². The van der Waals surface area contributed by atoms with Gasteiger partial charge in [-0.3, -0.25) is 0 Å². The first-order valence-electron chi connectivity index (χ1n) is 12.6. The molecule has 174 valence electrons. The van der Waals surface area contributed by atoms with Crippen molar-refractivity contribution >= 4 is 11.4 Å². The summed E-state index contributed by atoms with van der Waals surface area (Å²) in [5.74, 6) is 0. The van der Waals surface area contributed by atoms with E-state index < -0.39 is 0 Å². The molecule has 0 atom stereocenters. The standard InChI is InChI=1S/C32H36N2/c1-5-33(6-2)27-20-18-26(19-21-27)30-23-22-28(34(7-3)8-4)24-32(30)31-17-13-12-16-29(31)25-14-10-9-11-15-25/h9-24H,5-8H2,1-4H3. The third-order valence-electron chi connectivity index (χ3n) is 6.74. The van der Waals surface area contributed by atoms with Gasteiger partial charge in [0.1, 0.15) is 0 Å². The van der Waals surface area contributed by atoms with Crippen LogP contribution in [0.3, 0.4) is 0 Å². The molecule has 4 aromatic carbocycles. The number of hydrogen-bond acceptors (Lipinski definition) is 2. The zero-order valence-corrected chi connectivity index (χ0v) is 21.0. The molecule has 0 heterocycles. The summed E-state index contributed by atoms with van der Waals surface area (Å²) in [4.78, 5) is 4.81. The highest BCUT2D eigenvalue weighted by molar-refractivity contribution is 5.93. The quantitative estimate of drug-likeness (QED) is 0.254. The molecule has 2 nitrogen and oxygen atoms in total. The lowest BCUT2D eigenvalue weighted by molar-refractivity contribution is 0.866. The number of anilines is 2. The summed E-state index contributed by atoms with van der Waals surface area (Å²) in [6, 6.07) is 35.5. The molecular formula is C32H36N2. The van der Waals surface area contributed by atoms with Crippen molar-refractivity contribution in [3.8, 4) is 33.4 Å². The number of hydrogen-bond donors (Lipinski definition) is 0. The van der Waals surface area contributed by atoms with Gasteiger partial charge in [0, 0.05) is 37.6 Å². The summed E-state index contributed by atoms with van der Waals surface area (Å²) in [6.07, 6.45) is 0. The highest BCUT2D eigenvalue weighted by Crippen LogP contribution is 2.40. The van der Waals surface area contributed by atoms with E-state index in [4.69, 9.17) is 0 Å². The summed E-state index contributed by atoms with van der Waals surface area (Å²) in [5.41, 5.74) is 10.1. The van der Waals surface area contributed by atoms with E-state index >= 15 is 0 Å². The Balaban J connectivity index is 1.89. The van der Waals surface area contributed by atoms with Crippen molar-refractivity contribution in [3.05, 3.63) is 97.1 Å². The Morgan fingerprint density at radius 3 is 1.50 bits per heavy atom. The molecule has 0 aliphatic rings. The van der Waals surface area contributed by atoms with E-state index in [1.807, 2.05) is 0 Å². The lowest BCUT2D eigenvalue weighted by Crippen LogP contribution is -2.21. The van der Waals surface area contributed by atoms with Crippen molar-refractivity contribution in [2.24, 2.45) is 0 Å². The molecule has 0 fully saturated rings. The lowest BCUT2D eigenvalue weighted by Gasteiger charge is -2.24. The van der Waals surface area contributed by atoms with Crippen molar-refractivity contribution in [2.75, 3.05) is 36.0 Å². The van der Waals surface area contributed by atoms with E-state index in [1.165, 1.54) is 44.8 Å². The second-order valence-corrected chi connectivity index (χ2v) is 8.53. The molecule has 4 aromatic rings. The van der Waals surface area contributed by atoms with Crippen LogP contribution in [0.15, 0.2) is 97.1 Å². The summed E-state index contributed by atoms with van der Waals surface area (Å²) < 4.78 is 0. The number of rotatable bonds is 9. The van der Waals surface area contributed by atoms with Crippen molar-refractivity contribution < 1.29 is 0 Å². The first kappa shape index (κ1) is 23.6. The number of benzene rings is 4. The maximum Gasteiger partial charge on any atom is 0.0372 e. The zero-order valence-electron chi connectivity index (χ0n) is 21.0. The Hall–Kier alpha value is -3.52. The minimum absolute atomic E-state index is 0.994. The maximum absolute atomic E-state index is 2.42. The molecule has 0 aliphatic heterocycles. The predicted octanol–water partition coefficient (Wildman–Crippen LogP) is 8.38. The summed E-state index contributed by atoms with van der Waals surface area (Å²) in [5, 5.41) is 0. The average molecular weight is 449 g/mol. The zero-order chi connectivity index (χ0) is 23.9. The molecule has 0 spiro atoms. The molecule has 0 bridgehead atoms. The summed E-state index contributed by atoms with van der Waals surface area (Å²) in [6.45, 7) is 12.9. The Labute approximate surface area is 205 Å². The topological polar surface area (TPSA) is 6.48 Å². The maximum atomic E-state index is 2.42. The van der Waals surface area contributed by atoms with Gasteiger partial charge in [-0.05, 0) is 85.3 Å². The van der Waals surface area contributed by atoms with E-state index in [0.29, 0.717) is 0 Å². The molecule has 0 radical (unpaired) electrons. The number of nitrogens with zero attached hydrogens (tertiary/aromatic N) is 2. The van der Waals surface area contributed by atoms with E-state index in [1.54, 1.807) is 0 Å². The van der Waals surface area contributed by atoms with Crippen LogP contribution in [0.25, 0.3) is 33.4 Å². The fraction of sp³-hybridized carbons (Fsp3) is 0.250. The molecule has 4 rings (SSSR count). The summed E-state index contributed by atoms with van der Waals surface area (Å²) in [7, 11) is 0. The average Bonchev–Trinajstić information content (AvgIpc) is 2.91. The van der Waals surface area contributed by atoms with Crippen LogP contribution in [-0.4, -0.2) is 26.2 Å². The SMILES string of the molecule is CCN(CC)c1ccc(-c2ccc(N(CC)CC)cc2-c2ccccc2-c2ccccc2)cc1. The van der Waals surface area contributed by atoms with Gasteiger partial charge in [0.25, 0.3) is 0 Å². The van der Waals surface area contributed by atoms with Crippen LogP contribution in [-0.2, 0) is 0 Å². The lowest BCUT2D eigenvalue weighted by atomic mass is 9.89. The van der Waals surface area contributed by atoms with Gasteiger partial charge in [0.15, 0.2) is 0 Å². The minimum Gasteiger partial charge on any atom is -0.372 e. The fourth-order valence-corrected chi connectivity index (χ4v) is 4.82. The fourth-order valence-electron chi connectivity index (χ4n) is 4.82. The van der Waals surface area contributed by atoms with E-state index in [9.17, 15) is 0 Å². The van der Waals surface area contributed by atoms with Crippen molar-refractivity contribution in [1.29, 1.82) is 0 Å². The van der Waals surface area contributed by atoms with Crippen LogP contribution in [0, 0.1) is 0 Å². The molecule has 0 unspecified atom stereocenters. The van der Waals surface area contributed by atoms with Gasteiger partial charge in [-0.2, -0.15) is 0 Å². The van der Waals surface area contributed by atoms with E-state index in [-0.39, 0.29) is 0 Å². The van der Waals surface area contributed by atoms with Crippen molar-refractivity contribution in [3.63, 3.8) is 0 Å².